The molecule has 3 heterocycles. The molecule has 1 N–H and O–H groups in total. The van der Waals surface area contributed by atoms with Crippen LogP contribution in [0.3, 0.4) is 0 Å². The van der Waals surface area contributed by atoms with Gasteiger partial charge in [-0.2, -0.15) is 0 Å². The van der Waals surface area contributed by atoms with Gasteiger partial charge in [-0.3, -0.25) is 9.78 Å². The predicted octanol–water partition coefficient (Wildman–Crippen LogP) is 1.51. The molecule has 0 bridgehead atoms. The molecule has 6 nitrogen and oxygen atoms in total. The Balaban J connectivity index is 1.52. The highest BCUT2D eigenvalue weighted by atomic mass is 16.6. The van der Waals surface area contributed by atoms with Gasteiger partial charge in [0.25, 0.3) is 0 Å². The summed E-state index contributed by atoms with van der Waals surface area (Å²) in [5.74, 6) is 0.165. The third kappa shape index (κ3) is 3.37. The number of alkyl carbamates (subject to hydrolysis) is 1. The molecule has 1 atom stereocenters. The van der Waals surface area contributed by atoms with E-state index in [9.17, 15) is 9.59 Å². The first-order valence-corrected chi connectivity index (χ1v) is 7.80. The Bertz CT molecular complexity index is 549. The second-order valence-corrected chi connectivity index (χ2v) is 6.02. The number of rotatable bonds is 3. The maximum Gasteiger partial charge on any atom is 0.407 e. The maximum absolute atomic E-state index is 12.4. The summed E-state index contributed by atoms with van der Waals surface area (Å²) in [6, 6.07) is 3.87. The summed E-state index contributed by atoms with van der Waals surface area (Å²) in [5.41, 5.74) is 0.672. The minimum atomic E-state index is -0.407. The molecule has 0 aromatic carbocycles. The van der Waals surface area contributed by atoms with Crippen LogP contribution < -0.4 is 5.32 Å². The van der Waals surface area contributed by atoms with Crippen LogP contribution in [0.25, 0.3) is 0 Å². The van der Waals surface area contributed by atoms with Gasteiger partial charge in [0.15, 0.2) is 0 Å². The van der Waals surface area contributed by atoms with Gasteiger partial charge in [-0.05, 0) is 30.9 Å². The topological polar surface area (TPSA) is 71.5 Å². The summed E-state index contributed by atoms with van der Waals surface area (Å²) in [7, 11) is 0. The number of ether oxygens (including phenoxy) is 1. The van der Waals surface area contributed by atoms with Crippen molar-refractivity contribution in [3.05, 3.63) is 30.1 Å². The van der Waals surface area contributed by atoms with Crippen molar-refractivity contribution in [2.24, 2.45) is 0 Å². The first-order valence-electron chi connectivity index (χ1n) is 7.80. The SMILES string of the molecule is O=C1NC[C@@]2(CCCN(C(=O)CCc3cccnc3)CC2)O1. The lowest BCUT2D eigenvalue weighted by Gasteiger charge is -2.25. The average molecular weight is 303 g/mol. The van der Waals surface area contributed by atoms with E-state index in [0.717, 1.165) is 24.9 Å². The van der Waals surface area contributed by atoms with Crippen LogP contribution in [0.15, 0.2) is 24.5 Å². The first kappa shape index (κ1) is 14.8. The van der Waals surface area contributed by atoms with Gasteiger partial charge in [-0.15, -0.1) is 0 Å². The van der Waals surface area contributed by atoms with Crippen molar-refractivity contribution in [2.45, 2.75) is 37.7 Å². The number of hydrogen-bond acceptors (Lipinski definition) is 4. The average Bonchev–Trinajstić information content (AvgIpc) is 2.77. The molecule has 2 fully saturated rings. The summed E-state index contributed by atoms with van der Waals surface area (Å²) in [5, 5.41) is 2.73. The van der Waals surface area contributed by atoms with Crippen LogP contribution >= 0.6 is 0 Å². The molecular weight excluding hydrogens is 282 g/mol. The Morgan fingerprint density at radius 2 is 2.32 bits per heavy atom. The number of carbonyl (C=O) groups excluding carboxylic acids is 2. The van der Waals surface area contributed by atoms with E-state index in [4.69, 9.17) is 4.74 Å². The number of hydrogen-bond donors (Lipinski definition) is 1. The zero-order valence-electron chi connectivity index (χ0n) is 12.6. The monoisotopic (exact) mass is 303 g/mol. The van der Waals surface area contributed by atoms with E-state index in [2.05, 4.69) is 10.3 Å². The fraction of sp³-hybridized carbons (Fsp3) is 0.562. The minimum Gasteiger partial charge on any atom is -0.441 e. The highest BCUT2D eigenvalue weighted by molar-refractivity contribution is 5.76. The molecule has 1 aromatic heterocycles. The number of nitrogens with zero attached hydrogens (tertiary/aromatic N) is 2. The first-order chi connectivity index (χ1) is 10.7. The number of amides is 2. The van der Waals surface area contributed by atoms with Crippen LogP contribution in [0.5, 0.6) is 0 Å². The van der Waals surface area contributed by atoms with Gasteiger partial charge in [0.05, 0.1) is 6.54 Å². The molecule has 0 radical (unpaired) electrons. The van der Waals surface area contributed by atoms with Gasteiger partial charge in [0.1, 0.15) is 5.60 Å². The number of pyridine rings is 1. The van der Waals surface area contributed by atoms with E-state index in [-0.39, 0.29) is 12.0 Å². The van der Waals surface area contributed by atoms with Gasteiger partial charge in [0, 0.05) is 38.3 Å². The van der Waals surface area contributed by atoms with Crippen molar-refractivity contribution >= 4 is 12.0 Å². The van der Waals surface area contributed by atoms with Crippen molar-refractivity contribution in [2.75, 3.05) is 19.6 Å². The number of aryl methyl sites for hydroxylation is 1. The molecule has 0 aliphatic carbocycles. The predicted molar refractivity (Wildman–Crippen MR) is 80.2 cm³/mol. The summed E-state index contributed by atoms with van der Waals surface area (Å²) >= 11 is 0. The fourth-order valence-electron chi connectivity index (χ4n) is 3.15. The summed E-state index contributed by atoms with van der Waals surface area (Å²) in [6.07, 6.45) is 6.80. The molecule has 3 rings (SSSR count). The van der Waals surface area contributed by atoms with Crippen molar-refractivity contribution in [3.8, 4) is 0 Å². The molecule has 0 unspecified atom stereocenters. The van der Waals surface area contributed by atoms with Crippen LogP contribution in [-0.2, 0) is 16.0 Å². The largest absolute Gasteiger partial charge is 0.441 e. The lowest BCUT2D eigenvalue weighted by molar-refractivity contribution is -0.131. The zero-order chi connectivity index (χ0) is 15.4. The second-order valence-electron chi connectivity index (χ2n) is 6.02. The van der Waals surface area contributed by atoms with Crippen LogP contribution in [0, 0.1) is 0 Å². The van der Waals surface area contributed by atoms with Crippen molar-refractivity contribution in [1.82, 2.24) is 15.2 Å². The Morgan fingerprint density at radius 3 is 3.05 bits per heavy atom. The molecule has 6 heteroatoms. The summed E-state index contributed by atoms with van der Waals surface area (Å²) in [6.45, 7) is 1.95. The van der Waals surface area contributed by atoms with E-state index in [1.54, 1.807) is 12.4 Å². The maximum atomic E-state index is 12.4. The molecule has 2 aliphatic heterocycles. The van der Waals surface area contributed by atoms with Gasteiger partial charge < -0.3 is 15.0 Å². The quantitative estimate of drug-likeness (QED) is 0.918. The Kier molecular flexibility index (Phi) is 4.27. The normalized spacial score (nSPS) is 24.7. The van der Waals surface area contributed by atoms with Gasteiger partial charge in [-0.25, -0.2) is 4.79 Å². The van der Waals surface area contributed by atoms with Gasteiger partial charge >= 0.3 is 6.09 Å². The molecule has 2 amide bonds. The molecule has 1 spiro atoms. The van der Waals surface area contributed by atoms with Gasteiger partial charge in [-0.1, -0.05) is 6.07 Å². The zero-order valence-corrected chi connectivity index (χ0v) is 12.6. The van der Waals surface area contributed by atoms with E-state index in [1.807, 2.05) is 17.0 Å². The van der Waals surface area contributed by atoms with Gasteiger partial charge in [0.2, 0.25) is 5.91 Å². The lowest BCUT2D eigenvalue weighted by atomic mass is 9.95. The molecular formula is C16H21N3O3. The Hall–Kier alpha value is -2.11. The Morgan fingerprint density at radius 1 is 1.41 bits per heavy atom. The highest BCUT2D eigenvalue weighted by Gasteiger charge is 2.41. The summed E-state index contributed by atoms with van der Waals surface area (Å²) < 4.78 is 5.43. The highest BCUT2D eigenvalue weighted by Crippen LogP contribution is 2.29. The number of carbonyl (C=O) groups is 2. The molecule has 22 heavy (non-hydrogen) atoms. The van der Waals surface area contributed by atoms with Crippen molar-refractivity contribution in [1.29, 1.82) is 0 Å². The van der Waals surface area contributed by atoms with Crippen LogP contribution in [0.2, 0.25) is 0 Å². The molecule has 0 saturated carbocycles. The molecule has 2 saturated heterocycles. The van der Waals surface area contributed by atoms with E-state index < -0.39 is 5.60 Å². The Labute approximate surface area is 129 Å². The minimum absolute atomic E-state index is 0.165. The standard InChI is InChI=1S/C16H21N3O3/c20-14(5-4-13-3-1-8-17-11-13)19-9-2-6-16(7-10-19)12-18-15(21)22-16/h1,3,8,11H,2,4-7,9-10,12H2,(H,18,21)/t16-/m0/s1. The third-order valence-corrected chi connectivity index (χ3v) is 4.46. The van der Waals surface area contributed by atoms with E-state index in [0.29, 0.717) is 32.4 Å². The second kappa shape index (κ2) is 6.34. The molecule has 2 aliphatic rings. The molecule has 118 valence electrons. The lowest BCUT2D eigenvalue weighted by Crippen LogP contribution is -2.36. The number of aromatic nitrogens is 1. The van der Waals surface area contributed by atoms with Crippen LogP contribution in [0.1, 0.15) is 31.2 Å². The number of nitrogens with one attached hydrogen (secondary N) is 1. The smallest absolute Gasteiger partial charge is 0.407 e. The number of likely N-dealkylation sites (tertiary alicyclic amines) is 1. The summed E-state index contributed by atoms with van der Waals surface area (Å²) in [4.78, 5) is 29.6. The van der Waals surface area contributed by atoms with Crippen molar-refractivity contribution < 1.29 is 14.3 Å². The third-order valence-electron chi connectivity index (χ3n) is 4.46. The fourth-order valence-corrected chi connectivity index (χ4v) is 3.15. The molecule has 1 aromatic rings. The van der Waals surface area contributed by atoms with E-state index in [1.165, 1.54) is 0 Å². The van der Waals surface area contributed by atoms with Crippen LogP contribution in [-0.4, -0.2) is 47.1 Å². The van der Waals surface area contributed by atoms with Crippen molar-refractivity contribution in [3.63, 3.8) is 0 Å². The van der Waals surface area contributed by atoms with Crippen LogP contribution in [0.4, 0.5) is 4.79 Å². The van der Waals surface area contributed by atoms with E-state index >= 15 is 0 Å².